The minimum absolute atomic E-state index is 0.0347. The van der Waals surface area contributed by atoms with Gasteiger partial charge in [-0.15, -0.1) is 0 Å². The summed E-state index contributed by atoms with van der Waals surface area (Å²) in [6.45, 7) is 0.0347. The first-order chi connectivity index (χ1) is 7.31. The number of carbonyl (C=O) groups is 1. The highest BCUT2D eigenvalue weighted by molar-refractivity contribution is 5.96. The Bertz CT molecular complexity index is 497. The molecule has 0 atom stereocenters. The molecule has 1 aromatic carbocycles. The van der Waals surface area contributed by atoms with E-state index in [1.54, 1.807) is 0 Å². The molecule has 0 radical (unpaired) electrons. The molecule has 0 amide bonds. The van der Waals surface area contributed by atoms with Crippen LogP contribution in [0.15, 0.2) is 30.5 Å². The lowest BCUT2D eigenvalue weighted by Gasteiger charge is -2.00. The quantitative estimate of drug-likeness (QED) is 0.707. The predicted octanol–water partition coefficient (Wildman–Crippen LogP) is 1.46. The number of benzene rings is 1. The molecule has 1 aromatic heterocycles. The van der Waals surface area contributed by atoms with Crippen molar-refractivity contribution in [3.05, 3.63) is 36.2 Å². The van der Waals surface area contributed by atoms with Crippen LogP contribution in [0.3, 0.4) is 0 Å². The number of hydrogen-bond acceptors (Lipinski definition) is 4. The van der Waals surface area contributed by atoms with Gasteiger partial charge in [-0.2, -0.15) is 0 Å². The van der Waals surface area contributed by atoms with Crippen molar-refractivity contribution in [2.24, 2.45) is 0 Å². The van der Waals surface area contributed by atoms with Gasteiger partial charge in [0.15, 0.2) is 0 Å². The van der Waals surface area contributed by atoms with Crippen molar-refractivity contribution < 1.29 is 9.53 Å². The SMILES string of the molecule is COCC(=O)c1cnc2ccccc2n1. The van der Waals surface area contributed by atoms with Crippen molar-refractivity contribution in [1.82, 2.24) is 9.97 Å². The lowest BCUT2D eigenvalue weighted by atomic mass is 10.2. The summed E-state index contributed by atoms with van der Waals surface area (Å²) in [6, 6.07) is 7.42. The smallest absolute Gasteiger partial charge is 0.208 e. The Morgan fingerprint density at radius 3 is 2.80 bits per heavy atom. The standard InChI is InChI=1S/C11H10N2O2/c1-15-7-11(14)10-6-12-8-4-2-3-5-9(8)13-10/h2-6H,7H2,1H3. The minimum atomic E-state index is -0.157. The van der Waals surface area contributed by atoms with Gasteiger partial charge in [-0.3, -0.25) is 9.78 Å². The summed E-state index contributed by atoms with van der Waals surface area (Å²) in [5.74, 6) is -0.157. The molecule has 0 aliphatic carbocycles. The lowest BCUT2D eigenvalue weighted by Crippen LogP contribution is -2.09. The van der Waals surface area contributed by atoms with Gasteiger partial charge < -0.3 is 4.74 Å². The third-order valence-corrected chi connectivity index (χ3v) is 2.01. The number of fused-ring (bicyclic) bond motifs is 1. The fourth-order valence-electron chi connectivity index (χ4n) is 1.30. The second-order valence-electron chi connectivity index (χ2n) is 3.10. The Labute approximate surface area is 86.9 Å². The number of methoxy groups -OCH3 is 1. The number of ketones is 1. The zero-order chi connectivity index (χ0) is 10.7. The molecule has 0 bridgehead atoms. The summed E-state index contributed by atoms with van der Waals surface area (Å²) in [4.78, 5) is 19.8. The molecule has 15 heavy (non-hydrogen) atoms. The molecule has 2 rings (SSSR count). The van der Waals surface area contributed by atoms with Crippen LogP contribution in [0.2, 0.25) is 0 Å². The zero-order valence-corrected chi connectivity index (χ0v) is 8.30. The predicted molar refractivity (Wildman–Crippen MR) is 55.7 cm³/mol. The Kier molecular flexibility index (Phi) is 2.69. The Morgan fingerprint density at radius 2 is 2.07 bits per heavy atom. The lowest BCUT2D eigenvalue weighted by molar-refractivity contribution is 0.0843. The molecule has 0 fully saturated rings. The van der Waals surface area contributed by atoms with E-state index in [2.05, 4.69) is 9.97 Å². The number of ether oxygens (including phenoxy) is 1. The average molecular weight is 202 g/mol. The highest BCUT2D eigenvalue weighted by Gasteiger charge is 2.07. The summed E-state index contributed by atoms with van der Waals surface area (Å²) in [5.41, 5.74) is 1.85. The average Bonchev–Trinajstić information content (AvgIpc) is 2.29. The van der Waals surface area contributed by atoms with Gasteiger partial charge in [-0.05, 0) is 12.1 Å². The molecule has 4 heteroatoms. The zero-order valence-electron chi connectivity index (χ0n) is 8.30. The monoisotopic (exact) mass is 202 g/mol. The third-order valence-electron chi connectivity index (χ3n) is 2.01. The van der Waals surface area contributed by atoms with Gasteiger partial charge >= 0.3 is 0 Å². The third kappa shape index (κ3) is 1.99. The first kappa shape index (κ1) is 9.73. The Balaban J connectivity index is 2.42. The second-order valence-corrected chi connectivity index (χ2v) is 3.10. The molecule has 76 valence electrons. The number of hydrogen-bond donors (Lipinski definition) is 0. The summed E-state index contributed by atoms with van der Waals surface area (Å²) in [5, 5.41) is 0. The Hall–Kier alpha value is -1.81. The highest BCUT2D eigenvalue weighted by atomic mass is 16.5. The maximum Gasteiger partial charge on any atom is 0.208 e. The van der Waals surface area contributed by atoms with E-state index in [0.717, 1.165) is 11.0 Å². The molecule has 2 aromatic rings. The number of rotatable bonds is 3. The molecule has 0 saturated carbocycles. The van der Waals surface area contributed by atoms with E-state index in [9.17, 15) is 4.79 Å². The van der Waals surface area contributed by atoms with Crippen molar-refractivity contribution in [3.8, 4) is 0 Å². The van der Waals surface area contributed by atoms with Crippen molar-refractivity contribution in [2.45, 2.75) is 0 Å². The number of Topliss-reactive ketones (excluding diaryl/α,β-unsaturated/α-hetero) is 1. The molecule has 0 spiro atoms. The Morgan fingerprint density at radius 1 is 1.33 bits per heavy atom. The van der Waals surface area contributed by atoms with E-state index < -0.39 is 0 Å². The van der Waals surface area contributed by atoms with Gasteiger partial charge in [0.25, 0.3) is 0 Å². The van der Waals surface area contributed by atoms with Crippen LogP contribution in [0.1, 0.15) is 10.5 Å². The molecule has 0 saturated heterocycles. The highest BCUT2D eigenvalue weighted by Crippen LogP contribution is 2.08. The number of nitrogens with zero attached hydrogens (tertiary/aromatic N) is 2. The van der Waals surface area contributed by atoms with Crippen LogP contribution in [-0.4, -0.2) is 29.5 Å². The molecule has 0 aliphatic heterocycles. The fourth-order valence-corrected chi connectivity index (χ4v) is 1.30. The van der Waals surface area contributed by atoms with Gasteiger partial charge in [0.05, 0.1) is 17.2 Å². The van der Waals surface area contributed by atoms with E-state index in [4.69, 9.17) is 4.74 Å². The normalized spacial score (nSPS) is 10.5. The molecule has 0 unspecified atom stereocenters. The summed E-state index contributed by atoms with van der Waals surface area (Å²) in [6.07, 6.45) is 1.48. The van der Waals surface area contributed by atoms with Crippen molar-refractivity contribution in [1.29, 1.82) is 0 Å². The van der Waals surface area contributed by atoms with Crippen molar-refractivity contribution in [3.63, 3.8) is 0 Å². The van der Waals surface area contributed by atoms with Crippen LogP contribution in [0, 0.1) is 0 Å². The van der Waals surface area contributed by atoms with E-state index in [0.29, 0.717) is 5.69 Å². The molecule has 0 N–H and O–H groups in total. The first-order valence-electron chi connectivity index (χ1n) is 4.55. The van der Waals surface area contributed by atoms with Crippen LogP contribution < -0.4 is 0 Å². The maximum atomic E-state index is 11.5. The van der Waals surface area contributed by atoms with E-state index in [-0.39, 0.29) is 12.4 Å². The summed E-state index contributed by atoms with van der Waals surface area (Å²) < 4.78 is 4.75. The fraction of sp³-hybridized carbons (Fsp3) is 0.182. The van der Waals surface area contributed by atoms with Crippen LogP contribution in [0.25, 0.3) is 11.0 Å². The number of aromatic nitrogens is 2. The van der Waals surface area contributed by atoms with Crippen molar-refractivity contribution >= 4 is 16.8 Å². The number of carbonyl (C=O) groups excluding carboxylic acids is 1. The van der Waals surface area contributed by atoms with Gasteiger partial charge in [-0.25, -0.2) is 4.98 Å². The van der Waals surface area contributed by atoms with Gasteiger partial charge in [0.2, 0.25) is 5.78 Å². The van der Waals surface area contributed by atoms with Gasteiger partial charge in [0, 0.05) is 7.11 Å². The van der Waals surface area contributed by atoms with Gasteiger partial charge in [0.1, 0.15) is 12.3 Å². The molecule has 4 nitrogen and oxygen atoms in total. The maximum absolute atomic E-state index is 11.5. The number of para-hydroxylation sites is 2. The van der Waals surface area contributed by atoms with E-state index in [1.807, 2.05) is 24.3 Å². The largest absolute Gasteiger partial charge is 0.376 e. The van der Waals surface area contributed by atoms with Crippen LogP contribution in [0.4, 0.5) is 0 Å². The molecule has 1 heterocycles. The van der Waals surface area contributed by atoms with E-state index in [1.165, 1.54) is 13.3 Å². The minimum Gasteiger partial charge on any atom is -0.376 e. The molecular formula is C11H10N2O2. The van der Waals surface area contributed by atoms with Crippen LogP contribution in [0.5, 0.6) is 0 Å². The van der Waals surface area contributed by atoms with Crippen LogP contribution in [-0.2, 0) is 4.74 Å². The summed E-state index contributed by atoms with van der Waals surface area (Å²) in [7, 11) is 1.48. The summed E-state index contributed by atoms with van der Waals surface area (Å²) >= 11 is 0. The molecule has 0 aliphatic rings. The van der Waals surface area contributed by atoms with Crippen LogP contribution >= 0.6 is 0 Å². The van der Waals surface area contributed by atoms with Gasteiger partial charge in [-0.1, -0.05) is 12.1 Å². The second kappa shape index (κ2) is 4.14. The molecular weight excluding hydrogens is 192 g/mol. The van der Waals surface area contributed by atoms with Crippen molar-refractivity contribution in [2.75, 3.05) is 13.7 Å². The first-order valence-corrected chi connectivity index (χ1v) is 4.55. The topological polar surface area (TPSA) is 52.1 Å². The van der Waals surface area contributed by atoms with E-state index >= 15 is 0 Å².